The van der Waals surface area contributed by atoms with E-state index in [1.807, 2.05) is 12.3 Å². The molecule has 0 saturated heterocycles. The van der Waals surface area contributed by atoms with E-state index in [0.29, 0.717) is 22.3 Å². The average molecular weight is 365 g/mol. The highest BCUT2D eigenvalue weighted by atomic mass is 79.9. The van der Waals surface area contributed by atoms with Gasteiger partial charge < -0.3 is 4.74 Å². The smallest absolute Gasteiger partial charge is 0.226 e. The van der Waals surface area contributed by atoms with Crippen molar-refractivity contribution in [1.82, 2.24) is 9.97 Å². The molecule has 0 spiro atoms. The number of carbonyl (C=O) groups excluding carboxylic acids is 1. The Morgan fingerprint density at radius 2 is 2.19 bits per heavy atom. The Bertz CT molecular complexity index is 706. The lowest BCUT2D eigenvalue weighted by molar-refractivity contribution is 0.112. The minimum absolute atomic E-state index is 0.500. The SMILES string of the molecule is CSc1nc2c(c(Oc3ccc(Br)cc3C=O)n1)CCC2. The van der Waals surface area contributed by atoms with Crippen molar-refractivity contribution in [3.63, 3.8) is 0 Å². The van der Waals surface area contributed by atoms with Gasteiger partial charge in [-0.1, -0.05) is 27.7 Å². The maximum atomic E-state index is 11.2. The maximum absolute atomic E-state index is 11.2. The monoisotopic (exact) mass is 364 g/mol. The van der Waals surface area contributed by atoms with E-state index in [-0.39, 0.29) is 0 Å². The molecule has 3 rings (SSSR count). The molecule has 21 heavy (non-hydrogen) atoms. The third-order valence-corrected chi connectivity index (χ3v) is 4.40. The Kier molecular flexibility index (Phi) is 4.26. The van der Waals surface area contributed by atoms with Crippen molar-refractivity contribution in [2.75, 3.05) is 6.26 Å². The molecular weight excluding hydrogens is 352 g/mol. The van der Waals surface area contributed by atoms with Gasteiger partial charge in [0.05, 0.1) is 11.3 Å². The third-order valence-electron chi connectivity index (χ3n) is 3.36. The summed E-state index contributed by atoms with van der Waals surface area (Å²) in [5.74, 6) is 1.10. The molecule has 0 bridgehead atoms. The molecule has 0 aliphatic heterocycles. The number of benzene rings is 1. The van der Waals surface area contributed by atoms with Gasteiger partial charge in [0.15, 0.2) is 11.4 Å². The van der Waals surface area contributed by atoms with E-state index in [2.05, 4.69) is 25.9 Å². The number of rotatable bonds is 4. The quantitative estimate of drug-likeness (QED) is 0.465. The first-order valence-electron chi connectivity index (χ1n) is 6.57. The van der Waals surface area contributed by atoms with Crippen LogP contribution in [0.5, 0.6) is 11.6 Å². The number of aldehydes is 1. The fourth-order valence-corrected chi connectivity index (χ4v) is 3.12. The van der Waals surface area contributed by atoms with Gasteiger partial charge in [-0.3, -0.25) is 4.79 Å². The second-order valence-electron chi connectivity index (χ2n) is 4.70. The van der Waals surface area contributed by atoms with Gasteiger partial charge in [-0.05, 0) is 43.7 Å². The highest BCUT2D eigenvalue weighted by Gasteiger charge is 2.21. The van der Waals surface area contributed by atoms with Crippen molar-refractivity contribution in [3.05, 3.63) is 39.5 Å². The summed E-state index contributed by atoms with van der Waals surface area (Å²) >= 11 is 4.84. The van der Waals surface area contributed by atoms with E-state index in [4.69, 9.17) is 4.74 Å². The van der Waals surface area contributed by atoms with Gasteiger partial charge in [-0.25, -0.2) is 4.98 Å². The molecule has 2 aromatic rings. The molecule has 0 N–H and O–H groups in total. The van der Waals surface area contributed by atoms with Crippen LogP contribution in [-0.2, 0) is 12.8 Å². The Morgan fingerprint density at radius 3 is 2.95 bits per heavy atom. The summed E-state index contributed by atoms with van der Waals surface area (Å²) in [6.45, 7) is 0. The number of carbonyl (C=O) groups is 1. The molecule has 1 aromatic carbocycles. The van der Waals surface area contributed by atoms with Crippen molar-refractivity contribution in [1.29, 1.82) is 0 Å². The highest BCUT2D eigenvalue weighted by molar-refractivity contribution is 9.10. The number of halogens is 1. The average Bonchev–Trinajstić information content (AvgIpc) is 2.97. The van der Waals surface area contributed by atoms with Crippen molar-refractivity contribution in [2.24, 2.45) is 0 Å². The van der Waals surface area contributed by atoms with Crippen LogP contribution < -0.4 is 4.74 Å². The number of fused-ring (bicyclic) bond motifs is 1. The first kappa shape index (κ1) is 14.5. The molecule has 0 amide bonds. The maximum Gasteiger partial charge on any atom is 0.226 e. The predicted molar refractivity (Wildman–Crippen MR) is 85.4 cm³/mol. The van der Waals surface area contributed by atoms with Crippen molar-refractivity contribution < 1.29 is 9.53 Å². The highest BCUT2D eigenvalue weighted by Crippen LogP contribution is 2.34. The van der Waals surface area contributed by atoms with Gasteiger partial charge in [-0.15, -0.1) is 0 Å². The van der Waals surface area contributed by atoms with Crippen LogP contribution in [0, 0.1) is 0 Å². The van der Waals surface area contributed by atoms with Crippen LogP contribution >= 0.6 is 27.7 Å². The second kappa shape index (κ2) is 6.15. The molecule has 1 aliphatic carbocycles. The molecule has 0 fully saturated rings. The molecule has 1 aromatic heterocycles. The van der Waals surface area contributed by atoms with Crippen molar-refractivity contribution in [2.45, 2.75) is 24.4 Å². The van der Waals surface area contributed by atoms with Gasteiger partial charge in [0, 0.05) is 10.0 Å². The van der Waals surface area contributed by atoms with Gasteiger partial charge >= 0.3 is 0 Å². The molecule has 0 unspecified atom stereocenters. The third kappa shape index (κ3) is 2.96. The summed E-state index contributed by atoms with van der Waals surface area (Å²) in [5.41, 5.74) is 2.63. The number of hydrogen-bond acceptors (Lipinski definition) is 5. The Hall–Kier alpha value is -1.40. The zero-order valence-electron chi connectivity index (χ0n) is 11.4. The van der Waals surface area contributed by atoms with Crippen LogP contribution in [0.3, 0.4) is 0 Å². The number of hydrogen-bond donors (Lipinski definition) is 0. The molecule has 4 nitrogen and oxygen atoms in total. The van der Waals surface area contributed by atoms with Crippen LogP contribution in [0.15, 0.2) is 27.8 Å². The molecule has 0 saturated carbocycles. The summed E-state index contributed by atoms with van der Waals surface area (Å²) in [7, 11) is 0. The fourth-order valence-electron chi connectivity index (χ4n) is 2.36. The van der Waals surface area contributed by atoms with Crippen LogP contribution in [0.2, 0.25) is 0 Å². The van der Waals surface area contributed by atoms with E-state index in [0.717, 1.165) is 41.3 Å². The minimum Gasteiger partial charge on any atom is -0.438 e. The fraction of sp³-hybridized carbons (Fsp3) is 0.267. The first-order chi connectivity index (χ1) is 10.2. The molecule has 6 heteroatoms. The van der Waals surface area contributed by atoms with Crippen LogP contribution in [0.4, 0.5) is 0 Å². The van der Waals surface area contributed by atoms with Crippen LogP contribution in [0.25, 0.3) is 0 Å². The summed E-state index contributed by atoms with van der Waals surface area (Å²) in [6.07, 6.45) is 5.68. The topological polar surface area (TPSA) is 52.1 Å². The molecule has 1 heterocycles. The van der Waals surface area contributed by atoms with E-state index in [9.17, 15) is 4.79 Å². The first-order valence-corrected chi connectivity index (χ1v) is 8.59. The van der Waals surface area contributed by atoms with Crippen molar-refractivity contribution >= 4 is 34.0 Å². The van der Waals surface area contributed by atoms with E-state index < -0.39 is 0 Å². The molecule has 108 valence electrons. The number of aryl methyl sites for hydroxylation is 1. The van der Waals surface area contributed by atoms with E-state index in [1.54, 1.807) is 12.1 Å². The number of aromatic nitrogens is 2. The van der Waals surface area contributed by atoms with Gasteiger partial charge in [0.25, 0.3) is 0 Å². The van der Waals surface area contributed by atoms with Crippen LogP contribution in [-0.4, -0.2) is 22.5 Å². The second-order valence-corrected chi connectivity index (χ2v) is 6.39. The summed E-state index contributed by atoms with van der Waals surface area (Å²) in [4.78, 5) is 20.2. The molecule has 1 aliphatic rings. The normalized spacial score (nSPS) is 13.0. The summed E-state index contributed by atoms with van der Waals surface area (Å²) < 4.78 is 6.77. The van der Waals surface area contributed by atoms with Gasteiger partial charge in [-0.2, -0.15) is 4.98 Å². The molecule has 0 atom stereocenters. The van der Waals surface area contributed by atoms with E-state index >= 15 is 0 Å². The Morgan fingerprint density at radius 1 is 1.33 bits per heavy atom. The number of nitrogens with zero attached hydrogens (tertiary/aromatic N) is 2. The largest absolute Gasteiger partial charge is 0.438 e. The zero-order valence-corrected chi connectivity index (χ0v) is 13.8. The standard InChI is InChI=1S/C15H13BrN2O2S/c1-21-15-17-12-4-2-3-11(12)14(18-15)20-13-6-5-10(16)7-9(13)8-19/h5-8H,2-4H2,1H3. The Balaban J connectivity index is 2.02. The number of ether oxygens (including phenoxy) is 1. The van der Waals surface area contributed by atoms with Gasteiger partial charge in [0.2, 0.25) is 5.88 Å². The minimum atomic E-state index is 0.500. The van der Waals surface area contributed by atoms with Gasteiger partial charge in [0.1, 0.15) is 5.75 Å². The molecular formula is C15H13BrN2O2S. The Labute approximate surface area is 135 Å². The van der Waals surface area contributed by atoms with Crippen LogP contribution in [0.1, 0.15) is 28.0 Å². The zero-order chi connectivity index (χ0) is 14.8. The lowest BCUT2D eigenvalue weighted by Crippen LogP contribution is -2.01. The predicted octanol–water partition coefficient (Wildman–Crippen LogP) is 4.05. The lowest BCUT2D eigenvalue weighted by atomic mass is 10.2. The molecule has 0 radical (unpaired) electrons. The number of thioether (sulfide) groups is 1. The lowest BCUT2D eigenvalue weighted by Gasteiger charge is -2.12. The summed E-state index contributed by atoms with van der Waals surface area (Å²) in [6, 6.07) is 5.36. The summed E-state index contributed by atoms with van der Waals surface area (Å²) in [5, 5.41) is 0.704. The van der Waals surface area contributed by atoms with Crippen molar-refractivity contribution in [3.8, 4) is 11.6 Å². The van der Waals surface area contributed by atoms with E-state index in [1.165, 1.54) is 11.8 Å².